The summed E-state index contributed by atoms with van der Waals surface area (Å²) in [4.78, 5) is 13.7. The molecular weight excluding hydrogens is 423 g/mol. The normalized spacial score (nSPS) is 23.3. The molecule has 1 aliphatic heterocycles. The zero-order valence-electron chi connectivity index (χ0n) is 19.4. The van der Waals surface area contributed by atoms with E-state index in [1.807, 2.05) is 0 Å². The maximum absolute atomic E-state index is 14.2. The Kier molecular flexibility index (Phi) is 7.77. The van der Waals surface area contributed by atoms with Crippen molar-refractivity contribution in [1.29, 1.82) is 0 Å². The Morgan fingerprint density at radius 2 is 1.97 bits per heavy atom. The maximum atomic E-state index is 14.2. The number of hydrogen-bond acceptors (Lipinski definition) is 9. The molecule has 4 unspecified atom stereocenters. The number of ether oxygens (including phenoxy) is 1. The van der Waals surface area contributed by atoms with Gasteiger partial charge in [-0.05, 0) is 56.7 Å². The number of aromatic nitrogens is 3. The van der Waals surface area contributed by atoms with Gasteiger partial charge in [0.15, 0.2) is 11.6 Å². The SMILES string of the molecule is CCC(Nc1nc(NCC2CCCC2N)nc(Nc2ccc(OC)c(F)c2)n1)C1CCCN1. The molecule has 0 amide bonds. The minimum Gasteiger partial charge on any atom is -0.494 e. The van der Waals surface area contributed by atoms with E-state index in [4.69, 9.17) is 10.5 Å². The minimum absolute atomic E-state index is 0.184. The molecule has 10 heteroatoms. The molecule has 0 spiro atoms. The van der Waals surface area contributed by atoms with Gasteiger partial charge in [0.2, 0.25) is 17.8 Å². The molecule has 4 atom stereocenters. The van der Waals surface area contributed by atoms with Gasteiger partial charge in [-0.15, -0.1) is 0 Å². The molecule has 1 saturated heterocycles. The number of halogens is 1. The van der Waals surface area contributed by atoms with Gasteiger partial charge in [-0.3, -0.25) is 0 Å². The summed E-state index contributed by atoms with van der Waals surface area (Å²) >= 11 is 0. The van der Waals surface area contributed by atoms with Gasteiger partial charge in [-0.2, -0.15) is 15.0 Å². The van der Waals surface area contributed by atoms with Crippen LogP contribution in [0.3, 0.4) is 0 Å². The first kappa shape index (κ1) is 23.4. The van der Waals surface area contributed by atoms with E-state index in [9.17, 15) is 4.39 Å². The van der Waals surface area contributed by atoms with Crippen molar-refractivity contribution in [3.05, 3.63) is 24.0 Å². The Bertz CT molecular complexity index is 923. The van der Waals surface area contributed by atoms with Crippen LogP contribution in [0.25, 0.3) is 0 Å². The van der Waals surface area contributed by atoms with Crippen LogP contribution in [0.15, 0.2) is 18.2 Å². The molecule has 2 aromatic rings. The number of anilines is 4. The van der Waals surface area contributed by atoms with Gasteiger partial charge < -0.3 is 31.7 Å². The molecule has 1 aromatic carbocycles. The second kappa shape index (κ2) is 10.9. The Hall–Kier alpha value is -2.72. The summed E-state index contributed by atoms with van der Waals surface area (Å²) in [5.41, 5.74) is 6.75. The van der Waals surface area contributed by atoms with Crippen molar-refractivity contribution in [1.82, 2.24) is 20.3 Å². The van der Waals surface area contributed by atoms with Crippen LogP contribution in [0, 0.1) is 11.7 Å². The lowest BCUT2D eigenvalue weighted by Crippen LogP contribution is -2.40. The second-order valence-corrected chi connectivity index (χ2v) is 8.88. The smallest absolute Gasteiger partial charge is 0.233 e. The quantitative estimate of drug-likeness (QED) is 0.365. The van der Waals surface area contributed by atoms with Gasteiger partial charge in [0.05, 0.1) is 7.11 Å². The molecule has 180 valence electrons. The lowest BCUT2D eigenvalue weighted by molar-refractivity contribution is 0.386. The summed E-state index contributed by atoms with van der Waals surface area (Å²) in [5.74, 6) is 1.42. The van der Waals surface area contributed by atoms with Gasteiger partial charge in [-0.25, -0.2) is 4.39 Å². The number of nitrogens with zero attached hydrogens (tertiary/aromatic N) is 3. The second-order valence-electron chi connectivity index (χ2n) is 8.88. The molecule has 6 N–H and O–H groups in total. The molecule has 9 nitrogen and oxygen atoms in total. The number of benzene rings is 1. The van der Waals surface area contributed by atoms with Crippen LogP contribution in [0.4, 0.5) is 27.9 Å². The van der Waals surface area contributed by atoms with E-state index in [0.29, 0.717) is 42.0 Å². The number of nitrogens with two attached hydrogens (primary N) is 1. The standard InChI is InChI=1S/C23H35FN8O/c1-3-18(19-8-5-11-26-19)29-23-31-21(27-13-14-6-4-7-17(14)25)30-22(32-23)28-15-9-10-20(33-2)16(24)12-15/h9-10,12,14,17-19,26H,3-8,11,13,25H2,1-2H3,(H3,27,28,29,30,31,32). The lowest BCUT2D eigenvalue weighted by atomic mass is 10.0. The Morgan fingerprint density at radius 1 is 1.15 bits per heavy atom. The first-order valence-corrected chi connectivity index (χ1v) is 11.9. The van der Waals surface area contributed by atoms with E-state index >= 15 is 0 Å². The highest BCUT2D eigenvalue weighted by Gasteiger charge is 2.25. The third-order valence-corrected chi connectivity index (χ3v) is 6.62. The molecule has 1 aromatic heterocycles. The molecule has 4 rings (SSSR count). The number of nitrogens with one attached hydrogen (secondary N) is 4. The van der Waals surface area contributed by atoms with E-state index in [1.165, 1.54) is 19.6 Å². The highest BCUT2D eigenvalue weighted by atomic mass is 19.1. The largest absolute Gasteiger partial charge is 0.494 e. The van der Waals surface area contributed by atoms with Crippen LogP contribution in [-0.2, 0) is 0 Å². The molecular formula is C23H35FN8O. The first-order valence-electron chi connectivity index (χ1n) is 11.9. The summed E-state index contributed by atoms with van der Waals surface area (Å²) < 4.78 is 19.2. The van der Waals surface area contributed by atoms with Crippen molar-refractivity contribution >= 4 is 23.5 Å². The third-order valence-electron chi connectivity index (χ3n) is 6.62. The predicted molar refractivity (Wildman–Crippen MR) is 129 cm³/mol. The van der Waals surface area contributed by atoms with Gasteiger partial charge in [0.25, 0.3) is 0 Å². The fourth-order valence-electron chi connectivity index (χ4n) is 4.70. The molecule has 1 saturated carbocycles. The van der Waals surface area contributed by atoms with Gasteiger partial charge in [0, 0.05) is 36.4 Å². The van der Waals surface area contributed by atoms with Crippen LogP contribution in [-0.4, -0.2) is 53.3 Å². The number of rotatable bonds is 10. The summed E-state index contributed by atoms with van der Waals surface area (Å²) in [6, 6.07) is 5.44. The molecule has 2 heterocycles. The van der Waals surface area contributed by atoms with E-state index in [1.54, 1.807) is 12.1 Å². The lowest BCUT2D eigenvalue weighted by Gasteiger charge is -2.24. The molecule has 2 fully saturated rings. The van der Waals surface area contributed by atoms with E-state index in [-0.39, 0.29) is 17.8 Å². The van der Waals surface area contributed by atoms with Crippen molar-refractivity contribution in [3.8, 4) is 5.75 Å². The van der Waals surface area contributed by atoms with Crippen LogP contribution in [0.2, 0.25) is 0 Å². The zero-order chi connectivity index (χ0) is 23.2. The average Bonchev–Trinajstić information content (AvgIpc) is 3.48. The molecule has 33 heavy (non-hydrogen) atoms. The topological polar surface area (TPSA) is 122 Å². The van der Waals surface area contributed by atoms with Crippen molar-refractivity contribution in [2.75, 3.05) is 36.1 Å². The Labute approximate surface area is 194 Å². The molecule has 0 radical (unpaired) electrons. The zero-order valence-corrected chi connectivity index (χ0v) is 19.4. The minimum atomic E-state index is -0.457. The predicted octanol–water partition coefficient (Wildman–Crippen LogP) is 3.24. The average molecular weight is 459 g/mol. The van der Waals surface area contributed by atoms with Crippen molar-refractivity contribution in [2.45, 2.75) is 63.6 Å². The Balaban J connectivity index is 1.54. The third kappa shape index (κ3) is 6.00. The number of methoxy groups -OCH3 is 1. The van der Waals surface area contributed by atoms with Crippen LogP contribution in [0.1, 0.15) is 45.4 Å². The summed E-state index contributed by atoms with van der Waals surface area (Å²) in [7, 11) is 1.44. The van der Waals surface area contributed by atoms with Gasteiger partial charge in [0.1, 0.15) is 0 Å². The van der Waals surface area contributed by atoms with Crippen LogP contribution < -0.4 is 31.7 Å². The summed E-state index contributed by atoms with van der Waals surface area (Å²) in [6.07, 6.45) is 6.54. The monoisotopic (exact) mass is 458 g/mol. The summed E-state index contributed by atoms with van der Waals surface area (Å²) in [5, 5.41) is 13.5. The molecule has 0 bridgehead atoms. The van der Waals surface area contributed by atoms with Crippen molar-refractivity contribution < 1.29 is 9.13 Å². The van der Waals surface area contributed by atoms with E-state index in [0.717, 1.165) is 38.6 Å². The van der Waals surface area contributed by atoms with Crippen LogP contribution >= 0.6 is 0 Å². The molecule has 1 aliphatic carbocycles. The fourth-order valence-corrected chi connectivity index (χ4v) is 4.70. The first-order chi connectivity index (χ1) is 16.1. The van der Waals surface area contributed by atoms with Crippen LogP contribution in [0.5, 0.6) is 5.75 Å². The van der Waals surface area contributed by atoms with E-state index < -0.39 is 5.82 Å². The van der Waals surface area contributed by atoms with E-state index in [2.05, 4.69) is 43.1 Å². The maximum Gasteiger partial charge on any atom is 0.233 e. The summed E-state index contributed by atoms with van der Waals surface area (Å²) in [6.45, 7) is 3.89. The van der Waals surface area contributed by atoms with Crippen molar-refractivity contribution in [2.24, 2.45) is 11.7 Å². The number of hydrogen-bond donors (Lipinski definition) is 5. The highest BCUT2D eigenvalue weighted by Crippen LogP contribution is 2.26. The Morgan fingerprint density at radius 3 is 2.64 bits per heavy atom. The molecule has 2 aliphatic rings. The fraction of sp³-hybridized carbons (Fsp3) is 0.609. The highest BCUT2D eigenvalue weighted by molar-refractivity contribution is 5.57. The van der Waals surface area contributed by atoms with Gasteiger partial charge in [-0.1, -0.05) is 13.3 Å². The van der Waals surface area contributed by atoms with Crippen molar-refractivity contribution in [3.63, 3.8) is 0 Å². The van der Waals surface area contributed by atoms with Gasteiger partial charge >= 0.3 is 0 Å².